The van der Waals surface area contributed by atoms with Crippen molar-refractivity contribution in [2.45, 2.75) is 32.8 Å². The molecule has 0 saturated carbocycles. The summed E-state index contributed by atoms with van der Waals surface area (Å²) in [4.78, 5) is 34.1. The zero-order valence-electron chi connectivity index (χ0n) is 11.1. The average molecular weight is 270 g/mol. The predicted molar refractivity (Wildman–Crippen MR) is 65.0 cm³/mol. The Morgan fingerprint density at radius 2 is 2.21 bits per heavy atom. The smallest absolute Gasteiger partial charge is 0.348 e. The zero-order valence-corrected chi connectivity index (χ0v) is 11.1. The lowest BCUT2D eigenvalue weighted by Gasteiger charge is -2.29. The fourth-order valence-electron chi connectivity index (χ4n) is 1.79. The van der Waals surface area contributed by atoms with Crippen LogP contribution in [0.4, 0.5) is 0 Å². The number of hydrogen-bond acceptors (Lipinski definition) is 6. The molecular formula is C13H18O6. The number of cyclic esters (lactones) is 1. The summed E-state index contributed by atoms with van der Waals surface area (Å²) in [5.41, 5.74) is -0.508. The molecule has 6 nitrogen and oxygen atoms in total. The third-order valence-electron chi connectivity index (χ3n) is 2.88. The van der Waals surface area contributed by atoms with Crippen LogP contribution in [0, 0.1) is 5.41 Å². The predicted octanol–water partition coefficient (Wildman–Crippen LogP) is 0.991. The van der Waals surface area contributed by atoms with Gasteiger partial charge in [0.2, 0.25) is 6.10 Å². The highest BCUT2D eigenvalue weighted by molar-refractivity contribution is 5.85. The van der Waals surface area contributed by atoms with E-state index < -0.39 is 36.0 Å². The Bertz CT molecular complexity index is 385. The second-order valence-corrected chi connectivity index (χ2v) is 4.94. The van der Waals surface area contributed by atoms with Crippen LogP contribution in [0.25, 0.3) is 0 Å². The van der Waals surface area contributed by atoms with Gasteiger partial charge in [-0.15, -0.1) is 0 Å². The molecule has 0 aromatic rings. The first-order valence-corrected chi connectivity index (χ1v) is 6.02. The van der Waals surface area contributed by atoms with Gasteiger partial charge >= 0.3 is 17.9 Å². The van der Waals surface area contributed by atoms with Crippen molar-refractivity contribution in [3.05, 3.63) is 12.7 Å². The van der Waals surface area contributed by atoms with Crippen LogP contribution < -0.4 is 0 Å². The van der Waals surface area contributed by atoms with Crippen molar-refractivity contribution in [1.82, 2.24) is 0 Å². The molecule has 0 bridgehead atoms. The molecule has 1 aliphatic heterocycles. The molecule has 0 amide bonds. The second-order valence-electron chi connectivity index (χ2n) is 4.94. The first-order valence-electron chi connectivity index (χ1n) is 6.02. The molecular weight excluding hydrogens is 252 g/mol. The minimum absolute atomic E-state index is 0.321. The van der Waals surface area contributed by atoms with Gasteiger partial charge in [0.1, 0.15) is 0 Å². The fraction of sp³-hybridized carbons (Fsp3) is 0.615. The molecule has 0 radical (unpaired) electrons. The molecule has 1 aliphatic rings. The highest BCUT2D eigenvalue weighted by atomic mass is 16.6. The Hall–Kier alpha value is -1.85. The molecule has 19 heavy (non-hydrogen) atoms. The van der Waals surface area contributed by atoms with Crippen molar-refractivity contribution in [3.63, 3.8) is 0 Å². The Morgan fingerprint density at radius 3 is 2.84 bits per heavy atom. The third-order valence-corrected chi connectivity index (χ3v) is 2.88. The Kier molecular flexibility index (Phi) is 5.09. The van der Waals surface area contributed by atoms with Crippen molar-refractivity contribution in [3.8, 4) is 0 Å². The summed E-state index contributed by atoms with van der Waals surface area (Å²) in [6, 6.07) is 0. The van der Waals surface area contributed by atoms with Crippen LogP contribution in [0.2, 0.25) is 0 Å². The van der Waals surface area contributed by atoms with Crippen LogP contribution in [-0.4, -0.2) is 37.2 Å². The van der Waals surface area contributed by atoms with Gasteiger partial charge in [0.15, 0.2) is 6.61 Å². The largest absolute Gasteiger partial charge is 0.463 e. The van der Waals surface area contributed by atoms with E-state index in [0.717, 1.165) is 12.5 Å². The van der Waals surface area contributed by atoms with Crippen molar-refractivity contribution < 1.29 is 28.6 Å². The zero-order chi connectivity index (χ0) is 14.5. The molecule has 1 rings (SSSR count). The van der Waals surface area contributed by atoms with E-state index in [0.29, 0.717) is 13.0 Å². The highest BCUT2D eigenvalue weighted by Crippen LogP contribution is 2.32. The highest BCUT2D eigenvalue weighted by Gasteiger charge is 2.41. The van der Waals surface area contributed by atoms with Gasteiger partial charge in [0.05, 0.1) is 6.61 Å². The summed E-state index contributed by atoms with van der Waals surface area (Å²) >= 11 is 0. The number of rotatable bonds is 4. The van der Waals surface area contributed by atoms with Crippen molar-refractivity contribution in [2.75, 3.05) is 13.2 Å². The van der Waals surface area contributed by atoms with Crippen molar-refractivity contribution in [1.29, 1.82) is 0 Å². The standard InChI is InChI=1S/C13H18O6/c1-4-9(14)18-8-10(15)19-11-12(16)17-7-5-6-13(11,2)3/h4,11H,1,5-8H2,2-3H3. The molecule has 0 aromatic carbocycles. The van der Waals surface area contributed by atoms with Crippen LogP contribution in [0.1, 0.15) is 26.7 Å². The van der Waals surface area contributed by atoms with Gasteiger partial charge < -0.3 is 14.2 Å². The normalized spacial score (nSPS) is 21.8. The minimum Gasteiger partial charge on any atom is -0.463 e. The molecule has 0 N–H and O–H groups in total. The lowest BCUT2D eigenvalue weighted by molar-refractivity contribution is -0.177. The summed E-state index contributed by atoms with van der Waals surface area (Å²) in [6.45, 7) is 6.62. The number of ether oxygens (including phenoxy) is 3. The Morgan fingerprint density at radius 1 is 1.53 bits per heavy atom. The molecule has 0 spiro atoms. The van der Waals surface area contributed by atoms with E-state index in [-0.39, 0.29) is 0 Å². The maximum atomic E-state index is 11.7. The maximum Gasteiger partial charge on any atom is 0.348 e. The average Bonchev–Trinajstić information content (AvgIpc) is 2.48. The molecule has 106 valence electrons. The number of carbonyl (C=O) groups is 3. The van der Waals surface area contributed by atoms with E-state index in [2.05, 4.69) is 11.3 Å². The molecule has 1 saturated heterocycles. The van der Waals surface area contributed by atoms with Gasteiger partial charge in [0.25, 0.3) is 0 Å². The van der Waals surface area contributed by atoms with E-state index in [1.165, 1.54) is 0 Å². The first kappa shape index (κ1) is 15.2. The molecule has 1 atom stereocenters. The number of hydrogen-bond donors (Lipinski definition) is 0. The molecule has 0 aromatic heterocycles. The van der Waals surface area contributed by atoms with Gasteiger partial charge in [-0.3, -0.25) is 0 Å². The summed E-state index contributed by atoms with van der Waals surface area (Å²) in [6.07, 6.45) is 1.38. The number of esters is 3. The van der Waals surface area contributed by atoms with Crippen LogP contribution in [0.15, 0.2) is 12.7 Å². The van der Waals surface area contributed by atoms with Crippen LogP contribution in [0.5, 0.6) is 0 Å². The van der Waals surface area contributed by atoms with Gasteiger partial charge in [-0.25, -0.2) is 14.4 Å². The van der Waals surface area contributed by atoms with Crippen molar-refractivity contribution >= 4 is 17.9 Å². The summed E-state index contributed by atoms with van der Waals surface area (Å²) < 4.78 is 14.6. The van der Waals surface area contributed by atoms with E-state index >= 15 is 0 Å². The second kappa shape index (κ2) is 6.36. The Labute approximate surface area is 111 Å². The molecule has 1 fully saturated rings. The van der Waals surface area contributed by atoms with Crippen molar-refractivity contribution in [2.24, 2.45) is 5.41 Å². The SMILES string of the molecule is C=CC(=O)OCC(=O)OC1C(=O)OCCCC1(C)C. The molecule has 6 heteroatoms. The molecule has 0 aliphatic carbocycles. The quantitative estimate of drug-likeness (QED) is 0.430. The summed E-state index contributed by atoms with van der Waals surface area (Å²) in [5, 5.41) is 0. The third kappa shape index (κ3) is 4.39. The number of carbonyl (C=O) groups excluding carboxylic acids is 3. The van der Waals surface area contributed by atoms with E-state index in [1.807, 2.05) is 13.8 Å². The molecule has 1 unspecified atom stereocenters. The lowest BCUT2D eigenvalue weighted by Crippen LogP contribution is -2.40. The topological polar surface area (TPSA) is 78.9 Å². The fourth-order valence-corrected chi connectivity index (χ4v) is 1.79. The van der Waals surface area contributed by atoms with Gasteiger partial charge in [0, 0.05) is 11.5 Å². The van der Waals surface area contributed by atoms with Crippen LogP contribution in [-0.2, 0) is 28.6 Å². The van der Waals surface area contributed by atoms with Gasteiger partial charge in [-0.05, 0) is 12.8 Å². The van der Waals surface area contributed by atoms with Gasteiger partial charge in [-0.2, -0.15) is 0 Å². The summed E-state index contributed by atoms with van der Waals surface area (Å²) in [5.74, 6) is -2.07. The molecule has 1 heterocycles. The monoisotopic (exact) mass is 270 g/mol. The Balaban J connectivity index is 2.61. The van der Waals surface area contributed by atoms with Crippen LogP contribution in [0.3, 0.4) is 0 Å². The summed E-state index contributed by atoms with van der Waals surface area (Å²) in [7, 11) is 0. The lowest BCUT2D eigenvalue weighted by atomic mass is 9.82. The van der Waals surface area contributed by atoms with E-state index in [9.17, 15) is 14.4 Å². The first-order chi connectivity index (χ1) is 8.86. The van der Waals surface area contributed by atoms with Crippen LogP contribution >= 0.6 is 0 Å². The van der Waals surface area contributed by atoms with E-state index in [4.69, 9.17) is 9.47 Å². The van der Waals surface area contributed by atoms with E-state index in [1.54, 1.807) is 0 Å². The minimum atomic E-state index is -0.982. The maximum absolute atomic E-state index is 11.7. The van der Waals surface area contributed by atoms with Gasteiger partial charge in [-0.1, -0.05) is 20.4 Å².